The van der Waals surface area contributed by atoms with Gasteiger partial charge in [0, 0.05) is 6.07 Å². The molecule has 0 spiro atoms. The van der Waals surface area contributed by atoms with Gasteiger partial charge in [-0.15, -0.1) is 0 Å². The van der Waals surface area contributed by atoms with Gasteiger partial charge in [0.1, 0.15) is 17.3 Å². The van der Waals surface area contributed by atoms with Crippen molar-refractivity contribution in [1.82, 2.24) is 5.32 Å². The van der Waals surface area contributed by atoms with Gasteiger partial charge in [0.25, 0.3) is 5.91 Å². The number of amides is 1. The summed E-state index contributed by atoms with van der Waals surface area (Å²) in [6.45, 7) is 3.04. The maximum Gasteiger partial charge on any atom is 0.258 e. The van der Waals surface area contributed by atoms with Crippen LogP contribution in [0.25, 0.3) is 0 Å². The average molecular weight is 317 g/mol. The molecule has 1 aromatic heterocycles. The van der Waals surface area contributed by atoms with Gasteiger partial charge in [0.2, 0.25) is 0 Å². The summed E-state index contributed by atoms with van der Waals surface area (Å²) in [5, 5.41) is 2.76. The number of benzene rings is 1. The zero-order valence-corrected chi connectivity index (χ0v) is 13.3. The number of carbonyl (C=O) groups is 2. The third-order valence-electron chi connectivity index (χ3n) is 3.27. The van der Waals surface area contributed by atoms with Crippen molar-refractivity contribution in [2.45, 2.75) is 19.9 Å². The maximum absolute atomic E-state index is 12.0. The minimum absolute atomic E-state index is 0.146. The number of hydrogen-bond donors (Lipinski definition) is 1. The van der Waals surface area contributed by atoms with Gasteiger partial charge in [0.15, 0.2) is 12.4 Å². The lowest BCUT2D eigenvalue weighted by atomic mass is 10.1. The van der Waals surface area contributed by atoms with E-state index in [0.717, 1.165) is 0 Å². The second-order valence-corrected chi connectivity index (χ2v) is 5.01. The van der Waals surface area contributed by atoms with Gasteiger partial charge in [-0.05, 0) is 38.1 Å². The Kier molecular flexibility index (Phi) is 5.41. The van der Waals surface area contributed by atoms with Crippen LogP contribution in [0.1, 0.15) is 36.0 Å². The van der Waals surface area contributed by atoms with Crippen molar-refractivity contribution in [3.63, 3.8) is 0 Å². The zero-order valence-electron chi connectivity index (χ0n) is 13.3. The van der Waals surface area contributed by atoms with Gasteiger partial charge >= 0.3 is 0 Å². The summed E-state index contributed by atoms with van der Waals surface area (Å²) in [7, 11) is 1.52. The number of carbonyl (C=O) groups excluding carboxylic acids is 2. The molecule has 0 fully saturated rings. The second-order valence-electron chi connectivity index (χ2n) is 5.01. The van der Waals surface area contributed by atoms with Crippen molar-refractivity contribution in [1.29, 1.82) is 0 Å². The first-order valence-corrected chi connectivity index (χ1v) is 7.15. The summed E-state index contributed by atoms with van der Waals surface area (Å²) in [5.74, 6) is 1.06. The fourth-order valence-electron chi connectivity index (χ4n) is 2.08. The number of Topliss-reactive ketones (excluding diaryl/α,β-unsaturated/α-hetero) is 1. The lowest BCUT2D eigenvalue weighted by molar-refractivity contribution is -0.123. The smallest absolute Gasteiger partial charge is 0.258 e. The van der Waals surface area contributed by atoms with Gasteiger partial charge in [-0.3, -0.25) is 9.59 Å². The average Bonchev–Trinajstić information content (AvgIpc) is 3.07. The standard InChI is InChI=1S/C17H19NO5/c1-11(15-5-4-8-22-15)18-17(20)10-23-16-9-13(21-3)6-7-14(16)12(2)19/h4-9,11H,10H2,1-3H3,(H,18,20). The highest BCUT2D eigenvalue weighted by atomic mass is 16.5. The fraction of sp³-hybridized carbons (Fsp3) is 0.294. The summed E-state index contributed by atoms with van der Waals surface area (Å²) in [6.07, 6.45) is 1.55. The van der Waals surface area contributed by atoms with Crippen molar-refractivity contribution < 1.29 is 23.5 Å². The number of ketones is 1. The molecule has 0 bridgehead atoms. The molecule has 0 aliphatic heterocycles. The predicted octanol–water partition coefficient (Wildman–Crippen LogP) is 2.75. The van der Waals surface area contributed by atoms with E-state index < -0.39 is 0 Å². The van der Waals surface area contributed by atoms with Crippen LogP contribution in [0.2, 0.25) is 0 Å². The molecule has 6 nitrogen and oxygen atoms in total. The largest absolute Gasteiger partial charge is 0.497 e. The normalized spacial score (nSPS) is 11.6. The van der Waals surface area contributed by atoms with Crippen molar-refractivity contribution >= 4 is 11.7 Å². The number of furan rings is 1. The van der Waals surface area contributed by atoms with Crippen LogP contribution < -0.4 is 14.8 Å². The molecule has 122 valence electrons. The predicted molar refractivity (Wildman–Crippen MR) is 83.8 cm³/mol. The third kappa shape index (κ3) is 4.35. The molecule has 0 aliphatic rings. The van der Waals surface area contributed by atoms with E-state index in [0.29, 0.717) is 22.8 Å². The van der Waals surface area contributed by atoms with Crippen molar-refractivity contribution in [3.8, 4) is 11.5 Å². The van der Waals surface area contributed by atoms with E-state index in [4.69, 9.17) is 13.9 Å². The Balaban J connectivity index is 1.99. The molecule has 2 aromatic rings. The SMILES string of the molecule is COc1ccc(C(C)=O)c(OCC(=O)NC(C)c2ccco2)c1. The molecule has 1 aromatic carbocycles. The van der Waals surface area contributed by atoms with Crippen LogP contribution in [-0.2, 0) is 4.79 Å². The Morgan fingerprint density at radius 3 is 2.70 bits per heavy atom. The Hall–Kier alpha value is -2.76. The molecule has 0 saturated heterocycles. The number of ether oxygens (including phenoxy) is 2. The molecular weight excluding hydrogens is 298 g/mol. The summed E-state index contributed by atoms with van der Waals surface area (Å²) >= 11 is 0. The van der Waals surface area contributed by atoms with Crippen LogP contribution >= 0.6 is 0 Å². The summed E-state index contributed by atoms with van der Waals surface area (Å²) in [6, 6.07) is 8.13. The number of rotatable bonds is 7. The molecular formula is C17H19NO5. The Morgan fingerprint density at radius 1 is 1.30 bits per heavy atom. The van der Waals surface area contributed by atoms with Crippen LogP contribution in [0.15, 0.2) is 41.0 Å². The molecule has 2 rings (SSSR count). The third-order valence-corrected chi connectivity index (χ3v) is 3.27. The van der Waals surface area contributed by atoms with E-state index in [9.17, 15) is 9.59 Å². The number of methoxy groups -OCH3 is 1. The fourth-order valence-corrected chi connectivity index (χ4v) is 2.08. The monoisotopic (exact) mass is 317 g/mol. The molecule has 1 N–H and O–H groups in total. The van der Waals surface area contributed by atoms with Gasteiger partial charge in [-0.25, -0.2) is 0 Å². The van der Waals surface area contributed by atoms with Crippen LogP contribution in [0, 0.1) is 0 Å². The van der Waals surface area contributed by atoms with Crippen molar-refractivity contribution in [2.75, 3.05) is 13.7 Å². The van der Waals surface area contributed by atoms with Crippen LogP contribution in [-0.4, -0.2) is 25.4 Å². The molecule has 23 heavy (non-hydrogen) atoms. The summed E-state index contributed by atoms with van der Waals surface area (Å²) in [5.41, 5.74) is 0.401. The minimum Gasteiger partial charge on any atom is -0.497 e. The number of hydrogen-bond acceptors (Lipinski definition) is 5. The quantitative estimate of drug-likeness (QED) is 0.795. The topological polar surface area (TPSA) is 77.8 Å². The van der Waals surface area contributed by atoms with Crippen LogP contribution in [0.4, 0.5) is 0 Å². The second kappa shape index (κ2) is 7.49. The molecule has 0 radical (unpaired) electrons. The van der Waals surface area contributed by atoms with E-state index in [-0.39, 0.29) is 24.3 Å². The van der Waals surface area contributed by atoms with Gasteiger partial charge in [-0.2, -0.15) is 0 Å². The zero-order chi connectivity index (χ0) is 16.8. The Bertz CT molecular complexity index is 678. The van der Waals surface area contributed by atoms with E-state index in [1.165, 1.54) is 14.0 Å². The first kappa shape index (κ1) is 16.6. The van der Waals surface area contributed by atoms with Gasteiger partial charge in [-0.1, -0.05) is 0 Å². The molecule has 6 heteroatoms. The van der Waals surface area contributed by atoms with E-state index in [2.05, 4.69) is 5.32 Å². The molecule has 1 atom stereocenters. The first-order valence-electron chi connectivity index (χ1n) is 7.15. The molecule has 1 unspecified atom stereocenters. The van der Waals surface area contributed by atoms with Crippen LogP contribution in [0.3, 0.4) is 0 Å². The van der Waals surface area contributed by atoms with Crippen LogP contribution in [0.5, 0.6) is 11.5 Å². The Morgan fingerprint density at radius 2 is 2.09 bits per heavy atom. The maximum atomic E-state index is 12.0. The van der Waals surface area contributed by atoms with E-state index in [1.807, 2.05) is 6.92 Å². The number of nitrogens with one attached hydrogen (secondary N) is 1. The lowest BCUT2D eigenvalue weighted by Gasteiger charge is -2.14. The lowest BCUT2D eigenvalue weighted by Crippen LogP contribution is -2.31. The van der Waals surface area contributed by atoms with E-state index >= 15 is 0 Å². The highest BCUT2D eigenvalue weighted by Gasteiger charge is 2.15. The molecule has 1 amide bonds. The Labute approximate surface area is 134 Å². The highest BCUT2D eigenvalue weighted by Crippen LogP contribution is 2.25. The molecule has 0 saturated carbocycles. The molecule has 1 heterocycles. The van der Waals surface area contributed by atoms with E-state index in [1.54, 1.807) is 36.6 Å². The highest BCUT2D eigenvalue weighted by molar-refractivity contribution is 5.97. The first-order chi connectivity index (χ1) is 11.0. The van der Waals surface area contributed by atoms with Gasteiger partial charge in [0.05, 0.1) is 25.0 Å². The molecule has 0 aliphatic carbocycles. The van der Waals surface area contributed by atoms with Crippen molar-refractivity contribution in [3.05, 3.63) is 47.9 Å². The minimum atomic E-state index is -0.314. The van der Waals surface area contributed by atoms with Gasteiger partial charge < -0.3 is 19.2 Å². The van der Waals surface area contributed by atoms with Crippen molar-refractivity contribution in [2.24, 2.45) is 0 Å². The summed E-state index contributed by atoms with van der Waals surface area (Å²) in [4.78, 5) is 23.6. The summed E-state index contributed by atoms with van der Waals surface area (Å²) < 4.78 is 15.8.